The van der Waals surface area contributed by atoms with E-state index >= 15 is 0 Å². The molecule has 2 aromatic heterocycles. The van der Waals surface area contributed by atoms with Crippen LogP contribution in [0, 0.1) is 0 Å². The lowest BCUT2D eigenvalue weighted by Gasteiger charge is -2.40. The number of ether oxygens (including phenoxy) is 1. The van der Waals surface area contributed by atoms with Crippen molar-refractivity contribution in [2.24, 2.45) is 0 Å². The summed E-state index contributed by atoms with van der Waals surface area (Å²) in [7, 11) is -4.10. The Morgan fingerprint density at radius 2 is 1.78 bits per heavy atom. The molecule has 3 rings (SSSR count). The van der Waals surface area contributed by atoms with Crippen LogP contribution in [0.1, 0.15) is 61.1 Å². The van der Waals surface area contributed by atoms with Crippen LogP contribution >= 0.6 is 0 Å². The van der Waals surface area contributed by atoms with Gasteiger partial charge in [-0.2, -0.15) is 4.98 Å². The topological polar surface area (TPSA) is 120 Å². The number of carbonyl (C=O) groups excluding carboxylic acids is 1. The molecule has 2 aromatic rings. The number of hydrogen-bond donors (Lipinski definition) is 2. The van der Waals surface area contributed by atoms with Crippen molar-refractivity contribution >= 4 is 39.7 Å². The highest BCUT2D eigenvalue weighted by molar-refractivity contribution is 6.74. The van der Waals surface area contributed by atoms with Gasteiger partial charge in [-0.05, 0) is 36.3 Å². The van der Waals surface area contributed by atoms with Crippen molar-refractivity contribution < 1.29 is 18.4 Å². The van der Waals surface area contributed by atoms with Gasteiger partial charge < -0.3 is 13.6 Å². The SMILES string of the molecule is CC(=O)Nc1nc2ncn([C@H]3C[C@H](O[Si](C)(C)C(C)(C)C)[C@@H](CO[Si](C)(C)C(C)(C)C)O3)c2c(=O)[nH]1. The summed E-state index contributed by atoms with van der Waals surface area (Å²) in [6, 6.07) is 0. The van der Waals surface area contributed by atoms with Crippen molar-refractivity contribution in [1.82, 2.24) is 19.5 Å². The summed E-state index contributed by atoms with van der Waals surface area (Å²) in [5.74, 6) is -0.261. The molecule has 0 unspecified atom stereocenters. The second kappa shape index (κ2) is 9.78. The summed E-state index contributed by atoms with van der Waals surface area (Å²) in [5.41, 5.74) is 0.146. The first-order valence-corrected chi connectivity index (χ1v) is 18.4. The molecule has 12 heteroatoms. The third-order valence-corrected chi connectivity index (χ3v) is 16.9. The van der Waals surface area contributed by atoms with Crippen molar-refractivity contribution in [2.75, 3.05) is 11.9 Å². The van der Waals surface area contributed by atoms with Crippen LogP contribution in [-0.4, -0.2) is 60.9 Å². The largest absolute Gasteiger partial charge is 0.414 e. The van der Waals surface area contributed by atoms with Gasteiger partial charge in [0.2, 0.25) is 11.9 Å². The van der Waals surface area contributed by atoms with Crippen LogP contribution in [0.5, 0.6) is 0 Å². The Kier molecular flexibility index (Phi) is 7.80. The fraction of sp³-hybridized carbons (Fsp3) is 0.750. The van der Waals surface area contributed by atoms with Gasteiger partial charge in [-0.15, -0.1) is 0 Å². The number of nitrogens with one attached hydrogen (secondary N) is 2. The van der Waals surface area contributed by atoms with E-state index in [1.165, 1.54) is 6.92 Å². The Balaban J connectivity index is 1.92. The molecule has 0 aliphatic carbocycles. The number of carbonyl (C=O) groups is 1. The van der Waals surface area contributed by atoms with Gasteiger partial charge in [0.15, 0.2) is 27.8 Å². The van der Waals surface area contributed by atoms with E-state index in [0.717, 1.165) is 0 Å². The van der Waals surface area contributed by atoms with Crippen molar-refractivity contribution in [3.8, 4) is 0 Å². The quantitative estimate of drug-likeness (QED) is 0.488. The molecule has 0 aromatic carbocycles. The molecule has 1 amide bonds. The number of imidazole rings is 1. The predicted molar refractivity (Wildman–Crippen MR) is 146 cm³/mol. The summed E-state index contributed by atoms with van der Waals surface area (Å²) >= 11 is 0. The number of rotatable bonds is 7. The van der Waals surface area contributed by atoms with Crippen molar-refractivity contribution in [2.45, 2.75) is 110 Å². The Morgan fingerprint density at radius 3 is 2.33 bits per heavy atom. The van der Waals surface area contributed by atoms with E-state index in [0.29, 0.717) is 18.5 Å². The summed E-state index contributed by atoms with van der Waals surface area (Å²) in [5, 5.41) is 2.62. The van der Waals surface area contributed by atoms with Gasteiger partial charge in [-0.1, -0.05) is 41.5 Å². The summed E-state index contributed by atoms with van der Waals surface area (Å²) in [6.45, 7) is 24.0. The number of anilines is 1. The monoisotopic (exact) mass is 537 g/mol. The Labute approximate surface area is 215 Å². The van der Waals surface area contributed by atoms with Gasteiger partial charge in [-0.3, -0.25) is 24.5 Å². The van der Waals surface area contributed by atoms with E-state index in [2.05, 4.69) is 88.0 Å². The smallest absolute Gasteiger partial charge is 0.278 e. The first-order valence-electron chi connectivity index (χ1n) is 12.5. The number of H-pyrrole nitrogens is 1. The number of amides is 1. The van der Waals surface area contributed by atoms with E-state index in [9.17, 15) is 9.59 Å². The molecule has 3 heterocycles. The van der Waals surface area contributed by atoms with Gasteiger partial charge in [-0.25, -0.2) is 4.98 Å². The van der Waals surface area contributed by atoms with Crippen molar-refractivity contribution in [1.29, 1.82) is 0 Å². The van der Waals surface area contributed by atoms with Crippen molar-refractivity contribution in [3.63, 3.8) is 0 Å². The van der Waals surface area contributed by atoms with Crippen LogP contribution in [0.3, 0.4) is 0 Å². The molecule has 36 heavy (non-hydrogen) atoms. The molecule has 0 bridgehead atoms. The van der Waals surface area contributed by atoms with Crippen LogP contribution in [0.4, 0.5) is 5.95 Å². The summed E-state index contributed by atoms with van der Waals surface area (Å²) in [4.78, 5) is 35.5. The minimum absolute atomic E-state index is 0.0405. The van der Waals surface area contributed by atoms with Crippen LogP contribution in [0.15, 0.2) is 11.1 Å². The number of hydrogen-bond acceptors (Lipinski definition) is 7. The average molecular weight is 538 g/mol. The van der Waals surface area contributed by atoms with E-state index in [1.54, 1.807) is 10.9 Å². The van der Waals surface area contributed by atoms with E-state index in [4.69, 9.17) is 13.6 Å². The molecule has 0 spiro atoms. The van der Waals surface area contributed by atoms with Gasteiger partial charge in [0.25, 0.3) is 5.56 Å². The number of nitrogens with zero attached hydrogens (tertiary/aromatic N) is 3. The lowest BCUT2D eigenvalue weighted by Crippen LogP contribution is -2.48. The second-order valence-corrected chi connectivity index (χ2v) is 22.3. The maximum atomic E-state index is 12.9. The Hall–Kier alpha value is -1.87. The normalized spacial score (nSPS) is 21.8. The lowest BCUT2D eigenvalue weighted by atomic mass is 10.2. The number of aromatic nitrogens is 4. The first kappa shape index (κ1) is 28.7. The summed E-state index contributed by atoms with van der Waals surface area (Å²) < 4.78 is 21.6. The van der Waals surface area contributed by atoms with Gasteiger partial charge in [0, 0.05) is 13.3 Å². The fourth-order valence-electron chi connectivity index (χ4n) is 3.60. The highest BCUT2D eigenvalue weighted by Gasteiger charge is 2.46. The Bertz CT molecular complexity index is 1160. The molecule has 1 aliphatic heterocycles. The summed E-state index contributed by atoms with van der Waals surface area (Å²) in [6.07, 6.45) is 1.23. The highest BCUT2D eigenvalue weighted by atomic mass is 28.4. The van der Waals surface area contributed by atoms with E-state index < -0.39 is 28.4 Å². The maximum Gasteiger partial charge on any atom is 0.278 e. The van der Waals surface area contributed by atoms with E-state index in [1.807, 2.05) is 0 Å². The maximum absolute atomic E-state index is 12.9. The number of fused-ring (bicyclic) bond motifs is 1. The standard InChI is InChI=1S/C24H43N5O5Si2/c1-15(30)26-22-27-20-19(21(31)28-22)29(14-25-20)18-12-16(34-36(10,11)24(5,6)7)17(33-18)13-32-35(8,9)23(2,3)4/h14,16-18H,12-13H2,1-11H3,(H2,26,27,28,30,31)/t16-,17+,18+/m0/s1. The minimum atomic E-state index is -2.10. The minimum Gasteiger partial charge on any atom is -0.414 e. The molecule has 0 radical (unpaired) electrons. The van der Waals surface area contributed by atoms with Crippen LogP contribution < -0.4 is 10.9 Å². The van der Waals surface area contributed by atoms with Gasteiger partial charge in [0.1, 0.15) is 12.3 Å². The number of aromatic amines is 1. The second-order valence-electron chi connectivity index (χ2n) is 12.8. The molecule has 2 N–H and O–H groups in total. The average Bonchev–Trinajstić information content (AvgIpc) is 3.28. The zero-order chi connectivity index (χ0) is 27.3. The zero-order valence-corrected chi connectivity index (χ0v) is 25.6. The molecule has 202 valence electrons. The zero-order valence-electron chi connectivity index (χ0n) is 23.6. The molecular weight excluding hydrogens is 494 g/mol. The predicted octanol–water partition coefficient (Wildman–Crippen LogP) is 4.78. The first-order chi connectivity index (χ1) is 16.3. The van der Waals surface area contributed by atoms with Crippen LogP contribution in [0.2, 0.25) is 36.3 Å². The van der Waals surface area contributed by atoms with Crippen LogP contribution in [-0.2, 0) is 18.4 Å². The third-order valence-electron chi connectivity index (χ3n) is 7.89. The van der Waals surface area contributed by atoms with Crippen molar-refractivity contribution in [3.05, 3.63) is 16.7 Å². The molecule has 0 saturated carbocycles. The fourth-order valence-corrected chi connectivity index (χ4v) is 5.98. The Morgan fingerprint density at radius 1 is 1.17 bits per heavy atom. The highest BCUT2D eigenvalue weighted by Crippen LogP contribution is 2.42. The molecule has 10 nitrogen and oxygen atoms in total. The molecule has 1 aliphatic rings. The van der Waals surface area contributed by atoms with E-state index in [-0.39, 0.29) is 39.8 Å². The third kappa shape index (κ3) is 5.99. The van der Waals surface area contributed by atoms with Crippen LogP contribution in [0.25, 0.3) is 11.2 Å². The van der Waals surface area contributed by atoms with Gasteiger partial charge >= 0.3 is 0 Å². The molecule has 1 fully saturated rings. The lowest BCUT2D eigenvalue weighted by molar-refractivity contribution is -0.114. The molecular formula is C24H43N5O5Si2. The van der Waals surface area contributed by atoms with Gasteiger partial charge in [0.05, 0.1) is 19.0 Å². The molecule has 3 atom stereocenters. The molecule has 1 saturated heterocycles.